The molecule has 0 fully saturated rings. The summed E-state index contributed by atoms with van der Waals surface area (Å²) in [7, 11) is 1.68. The predicted molar refractivity (Wildman–Crippen MR) is 94.5 cm³/mol. The number of benzene rings is 1. The molecule has 0 saturated heterocycles. The minimum absolute atomic E-state index is 0.0427. The third-order valence-electron chi connectivity index (χ3n) is 4.19. The van der Waals surface area contributed by atoms with Gasteiger partial charge in [-0.15, -0.1) is 11.3 Å². The summed E-state index contributed by atoms with van der Waals surface area (Å²) < 4.78 is 14.4. The lowest BCUT2D eigenvalue weighted by molar-refractivity contribution is 0.628. The fourth-order valence-corrected chi connectivity index (χ4v) is 4.19. The van der Waals surface area contributed by atoms with Gasteiger partial charge in [0.15, 0.2) is 0 Å². The van der Waals surface area contributed by atoms with E-state index in [0.29, 0.717) is 5.95 Å². The summed E-state index contributed by atoms with van der Waals surface area (Å²) in [5.74, 6) is 0.103. The highest BCUT2D eigenvalue weighted by Gasteiger charge is 2.22. The van der Waals surface area contributed by atoms with Crippen LogP contribution in [0.3, 0.4) is 0 Å². The number of rotatable bonds is 3. The molecule has 1 aliphatic carbocycles. The lowest BCUT2D eigenvalue weighted by Crippen LogP contribution is -2.21. The molecule has 122 valence electrons. The summed E-state index contributed by atoms with van der Waals surface area (Å²) in [6.07, 6.45) is 4.67. The van der Waals surface area contributed by atoms with Crippen LogP contribution in [0.5, 0.6) is 0 Å². The first-order chi connectivity index (χ1) is 11.6. The van der Waals surface area contributed by atoms with Gasteiger partial charge in [-0.2, -0.15) is 5.10 Å². The number of hydrogen-bond donors (Lipinski definition) is 1. The second-order valence-electron chi connectivity index (χ2n) is 5.76. The molecule has 0 unspecified atom stereocenters. The van der Waals surface area contributed by atoms with Crippen molar-refractivity contribution >= 4 is 33.7 Å². The Hall–Kier alpha value is -2.54. The number of nitrogens with zero attached hydrogens (tertiary/aromatic N) is 3. The van der Waals surface area contributed by atoms with E-state index in [2.05, 4.69) is 15.5 Å². The van der Waals surface area contributed by atoms with Crippen LogP contribution in [0.15, 0.2) is 34.2 Å². The lowest BCUT2D eigenvalue weighted by Gasteiger charge is -2.06. The van der Waals surface area contributed by atoms with Gasteiger partial charge in [-0.1, -0.05) is 12.1 Å². The Bertz CT molecular complexity index is 1000. The zero-order chi connectivity index (χ0) is 16.7. The van der Waals surface area contributed by atoms with Gasteiger partial charge >= 0.3 is 0 Å². The van der Waals surface area contributed by atoms with Crippen LogP contribution in [0.2, 0.25) is 0 Å². The van der Waals surface area contributed by atoms with Crippen LogP contribution in [0.1, 0.15) is 22.4 Å². The summed E-state index contributed by atoms with van der Waals surface area (Å²) in [6, 6.07) is 5.99. The fourth-order valence-electron chi connectivity index (χ4n) is 2.94. The molecule has 0 saturated carbocycles. The highest BCUT2D eigenvalue weighted by Crippen LogP contribution is 2.34. The van der Waals surface area contributed by atoms with E-state index in [0.717, 1.165) is 35.0 Å². The van der Waals surface area contributed by atoms with Gasteiger partial charge in [-0.3, -0.25) is 9.36 Å². The van der Waals surface area contributed by atoms with Gasteiger partial charge in [-0.05, 0) is 42.5 Å². The topological polar surface area (TPSA) is 59.3 Å². The minimum Gasteiger partial charge on any atom is -0.280 e. The van der Waals surface area contributed by atoms with Crippen molar-refractivity contribution in [2.75, 3.05) is 5.43 Å². The third kappa shape index (κ3) is 2.50. The second-order valence-corrected chi connectivity index (χ2v) is 6.84. The van der Waals surface area contributed by atoms with Crippen LogP contribution in [0.4, 0.5) is 10.3 Å². The van der Waals surface area contributed by atoms with Gasteiger partial charge < -0.3 is 0 Å². The van der Waals surface area contributed by atoms with Crippen molar-refractivity contribution in [3.63, 3.8) is 0 Å². The van der Waals surface area contributed by atoms with Crippen LogP contribution < -0.4 is 11.0 Å². The number of hydrazone groups is 1. The number of nitrogens with one attached hydrogen (secondary N) is 1. The van der Waals surface area contributed by atoms with Gasteiger partial charge in [0.05, 0.1) is 11.6 Å². The second kappa shape index (κ2) is 5.83. The number of fused-ring (bicyclic) bond motifs is 3. The molecule has 24 heavy (non-hydrogen) atoms. The Balaban J connectivity index is 1.66. The van der Waals surface area contributed by atoms with Crippen LogP contribution in [-0.2, 0) is 19.9 Å². The first-order valence-electron chi connectivity index (χ1n) is 7.69. The van der Waals surface area contributed by atoms with E-state index in [1.165, 1.54) is 27.1 Å². The summed E-state index contributed by atoms with van der Waals surface area (Å²) in [4.78, 5) is 19.2. The molecule has 1 N–H and O–H groups in total. The molecule has 0 spiro atoms. The van der Waals surface area contributed by atoms with E-state index >= 15 is 0 Å². The zero-order valence-electron chi connectivity index (χ0n) is 13.0. The van der Waals surface area contributed by atoms with Crippen molar-refractivity contribution in [3.05, 3.63) is 56.4 Å². The molecular weight excluding hydrogens is 327 g/mol. The first kappa shape index (κ1) is 15.0. The summed E-state index contributed by atoms with van der Waals surface area (Å²) in [6.45, 7) is 0. The molecule has 0 atom stereocenters. The van der Waals surface area contributed by atoms with Crippen molar-refractivity contribution in [1.82, 2.24) is 9.55 Å². The summed E-state index contributed by atoms with van der Waals surface area (Å²) in [5.41, 5.74) is 4.69. The van der Waals surface area contributed by atoms with Crippen molar-refractivity contribution in [3.8, 4) is 0 Å². The van der Waals surface area contributed by atoms with Gasteiger partial charge in [0.25, 0.3) is 5.56 Å². The highest BCUT2D eigenvalue weighted by molar-refractivity contribution is 7.18. The fraction of sp³-hybridized carbons (Fsp3) is 0.235. The van der Waals surface area contributed by atoms with E-state index in [4.69, 9.17) is 0 Å². The number of aromatic nitrogens is 2. The van der Waals surface area contributed by atoms with Crippen LogP contribution in [0.25, 0.3) is 10.2 Å². The van der Waals surface area contributed by atoms with Crippen LogP contribution in [-0.4, -0.2) is 15.8 Å². The van der Waals surface area contributed by atoms with E-state index in [-0.39, 0.29) is 11.4 Å². The van der Waals surface area contributed by atoms with E-state index in [9.17, 15) is 9.18 Å². The van der Waals surface area contributed by atoms with Crippen LogP contribution >= 0.6 is 11.3 Å². The van der Waals surface area contributed by atoms with Gasteiger partial charge in [0, 0.05) is 11.9 Å². The highest BCUT2D eigenvalue weighted by atomic mass is 32.1. The Morgan fingerprint density at radius 1 is 1.33 bits per heavy atom. The average molecular weight is 342 g/mol. The lowest BCUT2D eigenvalue weighted by atomic mass is 10.2. The van der Waals surface area contributed by atoms with Gasteiger partial charge in [0.2, 0.25) is 5.95 Å². The molecule has 7 heteroatoms. The number of anilines is 1. The van der Waals surface area contributed by atoms with E-state index < -0.39 is 0 Å². The van der Waals surface area contributed by atoms with Crippen molar-refractivity contribution in [1.29, 1.82) is 0 Å². The number of aryl methyl sites for hydroxylation is 2. The quantitative estimate of drug-likeness (QED) is 0.588. The third-order valence-corrected chi connectivity index (χ3v) is 5.38. The number of halogens is 1. The Kier molecular flexibility index (Phi) is 3.65. The number of thiophene rings is 1. The Morgan fingerprint density at radius 2 is 2.12 bits per heavy atom. The maximum Gasteiger partial charge on any atom is 0.263 e. The molecule has 0 radical (unpaired) electrons. The van der Waals surface area contributed by atoms with Crippen LogP contribution in [0, 0.1) is 5.82 Å². The molecule has 5 nitrogen and oxygen atoms in total. The van der Waals surface area contributed by atoms with E-state index in [1.54, 1.807) is 36.7 Å². The predicted octanol–water partition coefficient (Wildman–Crippen LogP) is 3.07. The maximum absolute atomic E-state index is 12.9. The number of hydrogen-bond acceptors (Lipinski definition) is 5. The van der Waals surface area contributed by atoms with E-state index in [1.807, 2.05) is 0 Å². The van der Waals surface area contributed by atoms with Crippen molar-refractivity contribution in [2.45, 2.75) is 19.3 Å². The molecule has 0 bridgehead atoms. The monoisotopic (exact) mass is 342 g/mol. The normalized spacial score (nSPS) is 13.8. The molecule has 1 aliphatic rings. The summed E-state index contributed by atoms with van der Waals surface area (Å²) in [5, 5.41) is 4.85. The zero-order valence-corrected chi connectivity index (χ0v) is 13.9. The molecule has 0 amide bonds. The maximum atomic E-state index is 12.9. The molecule has 4 rings (SSSR count). The largest absolute Gasteiger partial charge is 0.280 e. The average Bonchev–Trinajstić information content (AvgIpc) is 3.14. The minimum atomic E-state index is -0.291. The Labute approximate surface area is 141 Å². The van der Waals surface area contributed by atoms with Crippen molar-refractivity contribution < 1.29 is 4.39 Å². The Morgan fingerprint density at radius 3 is 2.92 bits per heavy atom. The standard InChI is InChI=1S/C17H15FN4OS/c1-22-16(23)14-12-3-2-4-13(12)24-15(14)20-17(22)21-19-9-10-5-7-11(18)8-6-10/h5-9H,2-4H2,1H3,(H,20,21). The molecule has 0 aliphatic heterocycles. The van der Waals surface area contributed by atoms with Gasteiger partial charge in [-0.25, -0.2) is 14.8 Å². The van der Waals surface area contributed by atoms with Gasteiger partial charge in [0.1, 0.15) is 10.6 Å². The molecule has 2 aromatic heterocycles. The molecular formula is C17H15FN4OS. The first-order valence-corrected chi connectivity index (χ1v) is 8.51. The SMILES string of the molecule is Cn1c(NN=Cc2ccc(F)cc2)nc2sc3c(c2c1=O)CCC3. The molecule has 1 aromatic carbocycles. The summed E-state index contributed by atoms with van der Waals surface area (Å²) >= 11 is 1.60. The molecule has 3 aromatic rings. The smallest absolute Gasteiger partial charge is 0.263 e. The van der Waals surface area contributed by atoms with Crippen molar-refractivity contribution in [2.24, 2.45) is 12.1 Å². The molecule has 2 heterocycles.